The second kappa shape index (κ2) is 6.69. The van der Waals surface area contributed by atoms with E-state index in [0.29, 0.717) is 5.41 Å². The Hall–Kier alpha value is -0.380. The summed E-state index contributed by atoms with van der Waals surface area (Å²) in [4.78, 5) is 0. The number of rotatable bonds is 7. The van der Waals surface area contributed by atoms with Crippen molar-refractivity contribution >= 4 is 15.9 Å². The maximum atomic E-state index is 3.62. The highest BCUT2D eigenvalue weighted by atomic mass is 79.9. The minimum Gasteiger partial charge on any atom is -0.319 e. The second-order valence-corrected chi connectivity index (χ2v) is 6.35. The summed E-state index contributed by atoms with van der Waals surface area (Å²) >= 11 is 3.47. The van der Waals surface area contributed by atoms with E-state index in [9.17, 15) is 0 Å². The van der Waals surface area contributed by atoms with Gasteiger partial charge in [0.2, 0.25) is 0 Å². The molecule has 0 unspecified atom stereocenters. The zero-order chi connectivity index (χ0) is 12.8. The molecule has 18 heavy (non-hydrogen) atoms. The van der Waals surface area contributed by atoms with Crippen molar-refractivity contribution in [3.05, 3.63) is 34.3 Å². The van der Waals surface area contributed by atoms with Crippen LogP contribution in [-0.2, 0) is 6.42 Å². The largest absolute Gasteiger partial charge is 0.319 e. The summed E-state index contributed by atoms with van der Waals surface area (Å²) < 4.78 is 1.15. The molecule has 100 valence electrons. The summed E-state index contributed by atoms with van der Waals surface area (Å²) in [5.74, 6) is 0. The van der Waals surface area contributed by atoms with Gasteiger partial charge in [-0.05, 0) is 56.0 Å². The molecular formula is C15H23BrN2. The van der Waals surface area contributed by atoms with Gasteiger partial charge in [0.15, 0.2) is 0 Å². The average Bonchev–Trinajstić information content (AvgIpc) is 2.33. The summed E-state index contributed by atoms with van der Waals surface area (Å²) in [5, 5.41) is 6.95. The highest BCUT2D eigenvalue weighted by molar-refractivity contribution is 9.10. The van der Waals surface area contributed by atoms with Gasteiger partial charge < -0.3 is 10.6 Å². The van der Waals surface area contributed by atoms with E-state index in [1.807, 2.05) is 0 Å². The summed E-state index contributed by atoms with van der Waals surface area (Å²) in [6.45, 7) is 3.38. The van der Waals surface area contributed by atoms with Crippen LogP contribution < -0.4 is 10.6 Å². The fourth-order valence-electron chi connectivity index (χ4n) is 2.71. The molecule has 2 nitrogen and oxygen atoms in total. The Balaban J connectivity index is 1.68. The molecule has 1 saturated carbocycles. The summed E-state index contributed by atoms with van der Waals surface area (Å²) in [6.07, 6.45) is 5.26. The van der Waals surface area contributed by atoms with Crippen LogP contribution in [0.1, 0.15) is 24.8 Å². The van der Waals surface area contributed by atoms with Crippen molar-refractivity contribution in [3.8, 4) is 0 Å². The lowest BCUT2D eigenvalue weighted by atomic mass is 9.68. The molecule has 1 fully saturated rings. The van der Waals surface area contributed by atoms with Gasteiger partial charge in [-0.25, -0.2) is 0 Å². The van der Waals surface area contributed by atoms with Crippen molar-refractivity contribution in [3.63, 3.8) is 0 Å². The van der Waals surface area contributed by atoms with Crippen molar-refractivity contribution in [2.75, 3.05) is 26.7 Å². The van der Waals surface area contributed by atoms with Crippen LogP contribution in [0.2, 0.25) is 0 Å². The molecule has 0 bridgehead atoms. The molecule has 1 aromatic rings. The van der Waals surface area contributed by atoms with Gasteiger partial charge in [-0.15, -0.1) is 0 Å². The number of benzene rings is 1. The Morgan fingerprint density at radius 3 is 2.44 bits per heavy atom. The fourth-order valence-corrected chi connectivity index (χ4v) is 2.97. The van der Waals surface area contributed by atoms with Gasteiger partial charge in [0, 0.05) is 17.6 Å². The number of hydrogen-bond acceptors (Lipinski definition) is 2. The van der Waals surface area contributed by atoms with E-state index in [-0.39, 0.29) is 0 Å². The van der Waals surface area contributed by atoms with Gasteiger partial charge in [-0.1, -0.05) is 34.5 Å². The van der Waals surface area contributed by atoms with E-state index in [0.717, 1.165) is 30.5 Å². The van der Waals surface area contributed by atoms with E-state index >= 15 is 0 Å². The smallest absolute Gasteiger partial charge is 0.0175 e. The van der Waals surface area contributed by atoms with Crippen LogP contribution in [0.3, 0.4) is 0 Å². The number of nitrogens with one attached hydrogen (secondary N) is 2. The molecule has 1 aliphatic rings. The van der Waals surface area contributed by atoms with Crippen LogP contribution in [0.25, 0.3) is 0 Å². The SMILES string of the molecule is CNCC1(CNCCc2ccc(Br)cc2)CCC1. The minimum absolute atomic E-state index is 0.536. The van der Waals surface area contributed by atoms with Crippen LogP contribution in [-0.4, -0.2) is 26.7 Å². The molecule has 3 heteroatoms. The molecule has 0 atom stereocenters. The number of hydrogen-bond donors (Lipinski definition) is 2. The highest BCUT2D eigenvalue weighted by Gasteiger charge is 2.35. The monoisotopic (exact) mass is 310 g/mol. The van der Waals surface area contributed by atoms with Crippen molar-refractivity contribution in [2.45, 2.75) is 25.7 Å². The first kappa shape index (κ1) is 14.0. The molecule has 1 aliphatic carbocycles. The van der Waals surface area contributed by atoms with Gasteiger partial charge in [0.25, 0.3) is 0 Å². The second-order valence-electron chi connectivity index (χ2n) is 5.44. The van der Waals surface area contributed by atoms with Crippen LogP contribution in [0.15, 0.2) is 28.7 Å². The average molecular weight is 311 g/mol. The lowest BCUT2D eigenvalue weighted by Crippen LogP contribution is -2.46. The molecule has 2 rings (SSSR count). The maximum absolute atomic E-state index is 3.62. The zero-order valence-electron chi connectivity index (χ0n) is 11.1. The molecule has 0 heterocycles. The van der Waals surface area contributed by atoms with Gasteiger partial charge in [-0.3, -0.25) is 0 Å². The first-order chi connectivity index (χ1) is 8.74. The zero-order valence-corrected chi connectivity index (χ0v) is 12.7. The molecule has 2 N–H and O–H groups in total. The van der Waals surface area contributed by atoms with Crippen LogP contribution in [0, 0.1) is 5.41 Å². The normalized spacial score (nSPS) is 17.4. The van der Waals surface area contributed by atoms with Crippen molar-refractivity contribution in [1.82, 2.24) is 10.6 Å². The topological polar surface area (TPSA) is 24.1 Å². The first-order valence-corrected chi connectivity index (χ1v) is 7.63. The third kappa shape index (κ3) is 3.81. The molecule has 0 amide bonds. The Bertz CT molecular complexity index is 357. The highest BCUT2D eigenvalue weighted by Crippen LogP contribution is 2.39. The van der Waals surface area contributed by atoms with E-state index < -0.39 is 0 Å². The molecule has 0 aromatic heterocycles. The summed E-state index contributed by atoms with van der Waals surface area (Å²) in [7, 11) is 2.06. The van der Waals surface area contributed by atoms with E-state index in [1.165, 1.54) is 24.8 Å². The Labute approximate surface area is 119 Å². The molecule has 0 radical (unpaired) electrons. The van der Waals surface area contributed by atoms with Gasteiger partial charge >= 0.3 is 0 Å². The van der Waals surface area contributed by atoms with Crippen LogP contribution in [0.4, 0.5) is 0 Å². The summed E-state index contributed by atoms with van der Waals surface area (Å²) in [6, 6.07) is 8.62. The van der Waals surface area contributed by atoms with Crippen molar-refractivity contribution < 1.29 is 0 Å². The van der Waals surface area contributed by atoms with E-state index in [2.05, 4.69) is 57.9 Å². The lowest BCUT2D eigenvalue weighted by molar-refractivity contribution is 0.131. The quantitative estimate of drug-likeness (QED) is 0.757. The third-order valence-electron chi connectivity index (χ3n) is 3.97. The minimum atomic E-state index is 0.536. The van der Waals surface area contributed by atoms with E-state index in [4.69, 9.17) is 0 Å². The fraction of sp³-hybridized carbons (Fsp3) is 0.600. The standard InChI is InChI=1S/C15H23BrN2/c1-17-11-15(8-2-9-15)12-18-10-7-13-3-5-14(16)6-4-13/h3-6,17-18H,2,7-12H2,1H3. The predicted octanol–water partition coefficient (Wildman–Crippen LogP) is 2.97. The Morgan fingerprint density at radius 2 is 1.89 bits per heavy atom. The molecule has 0 aliphatic heterocycles. The van der Waals surface area contributed by atoms with Crippen molar-refractivity contribution in [1.29, 1.82) is 0 Å². The van der Waals surface area contributed by atoms with E-state index in [1.54, 1.807) is 0 Å². The van der Waals surface area contributed by atoms with Crippen molar-refractivity contribution in [2.24, 2.45) is 5.41 Å². The lowest BCUT2D eigenvalue weighted by Gasteiger charge is -2.42. The molecule has 1 aromatic carbocycles. The Morgan fingerprint density at radius 1 is 1.17 bits per heavy atom. The first-order valence-electron chi connectivity index (χ1n) is 6.84. The predicted molar refractivity (Wildman–Crippen MR) is 80.9 cm³/mol. The van der Waals surface area contributed by atoms with Gasteiger partial charge in [0.05, 0.1) is 0 Å². The van der Waals surface area contributed by atoms with Crippen LogP contribution in [0.5, 0.6) is 0 Å². The Kier molecular flexibility index (Phi) is 5.22. The number of halogens is 1. The molecule has 0 saturated heterocycles. The van der Waals surface area contributed by atoms with Gasteiger partial charge in [-0.2, -0.15) is 0 Å². The molecule has 0 spiro atoms. The molecular weight excluding hydrogens is 288 g/mol. The van der Waals surface area contributed by atoms with Crippen LogP contribution >= 0.6 is 15.9 Å². The van der Waals surface area contributed by atoms with Gasteiger partial charge in [0.1, 0.15) is 0 Å². The summed E-state index contributed by atoms with van der Waals surface area (Å²) in [5.41, 5.74) is 1.94. The third-order valence-corrected chi connectivity index (χ3v) is 4.50. The maximum Gasteiger partial charge on any atom is 0.0175 e.